The van der Waals surface area contributed by atoms with Gasteiger partial charge in [0.15, 0.2) is 5.83 Å². The molecule has 2 rings (SSSR count). The summed E-state index contributed by atoms with van der Waals surface area (Å²) in [6.45, 7) is 6.82. The van der Waals surface area contributed by atoms with E-state index in [4.69, 9.17) is 5.26 Å². The molecule has 0 heterocycles. The molecular formula is C24H38FN. The molecule has 2 saturated carbocycles. The van der Waals surface area contributed by atoms with E-state index < -0.39 is 5.83 Å². The van der Waals surface area contributed by atoms with Gasteiger partial charge < -0.3 is 0 Å². The van der Waals surface area contributed by atoms with E-state index >= 15 is 0 Å². The molecule has 2 aliphatic rings. The highest BCUT2D eigenvalue weighted by atomic mass is 19.1. The summed E-state index contributed by atoms with van der Waals surface area (Å²) in [6, 6.07) is 1.56. The first-order chi connectivity index (χ1) is 12.6. The molecule has 0 saturated heterocycles. The summed E-state index contributed by atoms with van der Waals surface area (Å²) in [4.78, 5) is 0. The molecule has 0 unspecified atom stereocenters. The van der Waals surface area contributed by atoms with Gasteiger partial charge in [-0.2, -0.15) is 9.65 Å². The van der Waals surface area contributed by atoms with Crippen molar-refractivity contribution in [3.63, 3.8) is 0 Å². The average Bonchev–Trinajstić information content (AvgIpc) is 2.68. The molecule has 2 fully saturated rings. The first-order valence-corrected chi connectivity index (χ1v) is 11.1. The Morgan fingerprint density at radius 3 is 2.00 bits per heavy atom. The van der Waals surface area contributed by atoms with Crippen LogP contribution in [0.1, 0.15) is 96.8 Å². The molecule has 2 heteroatoms. The molecule has 0 amide bonds. The van der Waals surface area contributed by atoms with Crippen molar-refractivity contribution in [1.82, 2.24) is 0 Å². The molecule has 0 radical (unpaired) electrons. The number of nitriles is 1. The highest BCUT2D eigenvalue weighted by molar-refractivity contribution is 5.11. The van der Waals surface area contributed by atoms with Gasteiger partial charge in [-0.15, -0.1) is 0 Å². The third-order valence-electron chi connectivity index (χ3n) is 6.96. The van der Waals surface area contributed by atoms with Crippen LogP contribution in [-0.2, 0) is 0 Å². The highest BCUT2D eigenvalue weighted by Gasteiger charge is 2.29. The van der Waals surface area contributed by atoms with Crippen LogP contribution in [0.3, 0.4) is 0 Å². The van der Waals surface area contributed by atoms with Crippen molar-refractivity contribution in [1.29, 1.82) is 5.26 Å². The third kappa shape index (κ3) is 6.90. The van der Waals surface area contributed by atoms with Crippen molar-refractivity contribution < 1.29 is 4.39 Å². The Bertz CT molecular complexity index is 485. The van der Waals surface area contributed by atoms with Gasteiger partial charge in [0, 0.05) is 0 Å². The Balaban J connectivity index is 1.65. The van der Waals surface area contributed by atoms with Crippen LogP contribution in [0.4, 0.5) is 4.39 Å². The monoisotopic (exact) mass is 359 g/mol. The normalized spacial score (nSPS) is 30.0. The van der Waals surface area contributed by atoms with E-state index in [2.05, 4.69) is 13.5 Å². The SMILES string of the molecule is C=C(C1CCC(CCC=C(F)C#N)CC1)C1CCC(CCCCC)CC1. The van der Waals surface area contributed by atoms with Crippen molar-refractivity contribution in [3.8, 4) is 6.07 Å². The second-order valence-electron chi connectivity index (χ2n) is 8.75. The zero-order valence-electron chi connectivity index (χ0n) is 16.8. The Hall–Kier alpha value is -1.10. The molecule has 0 spiro atoms. The van der Waals surface area contributed by atoms with Crippen LogP contribution >= 0.6 is 0 Å². The van der Waals surface area contributed by atoms with Gasteiger partial charge in [-0.3, -0.25) is 0 Å². The maximum Gasteiger partial charge on any atom is 0.196 e. The van der Waals surface area contributed by atoms with Gasteiger partial charge in [-0.1, -0.05) is 44.8 Å². The number of allylic oxidation sites excluding steroid dienone is 3. The van der Waals surface area contributed by atoms with E-state index in [0.717, 1.165) is 24.2 Å². The summed E-state index contributed by atoms with van der Waals surface area (Å²) < 4.78 is 12.9. The lowest BCUT2D eigenvalue weighted by Gasteiger charge is -2.36. The first-order valence-electron chi connectivity index (χ1n) is 11.1. The lowest BCUT2D eigenvalue weighted by Crippen LogP contribution is -2.23. The molecule has 146 valence electrons. The van der Waals surface area contributed by atoms with Gasteiger partial charge in [-0.25, -0.2) is 0 Å². The molecule has 0 aliphatic heterocycles. The fraction of sp³-hybridized carbons (Fsp3) is 0.792. The van der Waals surface area contributed by atoms with Crippen LogP contribution in [0, 0.1) is 35.0 Å². The number of hydrogen-bond acceptors (Lipinski definition) is 1. The molecule has 2 aliphatic carbocycles. The lowest BCUT2D eigenvalue weighted by atomic mass is 9.70. The Labute approximate surface area is 160 Å². The molecular weight excluding hydrogens is 321 g/mol. The van der Waals surface area contributed by atoms with Crippen molar-refractivity contribution in [2.45, 2.75) is 96.8 Å². The Morgan fingerprint density at radius 1 is 0.962 bits per heavy atom. The van der Waals surface area contributed by atoms with Gasteiger partial charge in [0.25, 0.3) is 0 Å². The van der Waals surface area contributed by atoms with Gasteiger partial charge in [0.2, 0.25) is 0 Å². The quantitative estimate of drug-likeness (QED) is 0.233. The lowest BCUT2D eigenvalue weighted by molar-refractivity contribution is 0.239. The maximum atomic E-state index is 12.9. The van der Waals surface area contributed by atoms with E-state index in [1.54, 1.807) is 11.6 Å². The number of rotatable bonds is 9. The second-order valence-corrected chi connectivity index (χ2v) is 8.75. The van der Waals surface area contributed by atoms with Gasteiger partial charge in [-0.05, 0) is 94.0 Å². The topological polar surface area (TPSA) is 23.8 Å². The second kappa shape index (κ2) is 11.6. The van der Waals surface area contributed by atoms with Crippen LogP contribution in [-0.4, -0.2) is 0 Å². The summed E-state index contributed by atoms with van der Waals surface area (Å²) in [7, 11) is 0. The molecule has 26 heavy (non-hydrogen) atoms. The van der Waals surface area contributed by atoms with E-state index in [1.807, 2.05) is 0 Å². The molecule has 0 N–H and O–H groups in total. The minimum atomic E-state index is -0.627. The molecule has 0 atom stereocenters. The molecule has 0 aromatic heterocycles. The summed E-state index contributed by atoms with van der Waals surface area (Å²) in [6.07, 6.45) is 19.4. The predicted octanol–water partition coefficient (Wildman–Crippen LogP) is 7.89. The van der Waals surface area contributed by atoms with Gasteiger partial charge in [0.05, 0.1) is 0 Å². The van der Waals surface area contributed by atoms with Crippen molar-refractivity contribution in [2.24, 2.45) is 23.7 Å². The molecule has 0 aromatic carbocycles. The predicted molar refractivity (Wildman–Crippen MR) is 108 cm³/mol. The highest BCUT2D eigenvalue weighted by Crippen LogP contribution is 2.42. The van der Waals surface area contributed by atoms with Crippen LogP contribution in [0.25, 0.3) is 0 Å². The minimum absolute atomic E-state index is 0.627. The van der Waals surface area contributed by atoms with Crippen LogP contribution in [0.5, 0.6) is 0 Å². The smallest absolute Gasteiger partial charge is 0.195 e. The number of nitrogens with zero attached hydrogens (tertiary/aromatic N) is 1. The average molecular weight is 360 g/mol. The zero-order valence-corrected chi connectivity index (χ0v) is 16.8. The molecule has 1 nitrogen and oxygen atoms in total. The Kier molecular flexibility index (Phi) is 9.44. The zero-order chi connectivity index (χ0) is 18.8. The van der Waals surface area contributed by atoms with E-state index in [-0.39, 0.29) is 0 Å². The van der Waals surface area contributed by atoms with Crippen LogP contribution in [0.15, 0.2) is 24.1 Å². The van der Waals surface area contributed by atoms with Gasteiger partial charge in [0.1, 0.15) is 6.07 Å². The Morgan fingerprint density at radius 2 is 1.50 bits per heavy atom. The third-order valence-corrected chi connectivity index (χ3v) is 6.96. The minimum Gasteiger partial charge on any atom is -0.195 e. The van der Waals surface area contributed by atoms with E-state index in [0.29, 0.717) is 12.3 Å². The van der Waals surface area contributed by atoms with Crippen LogP contribution < -0.4 is 0 Å². The summed E-state index contributed by atoms with van der Waals surface area (Å²) >= 11 is 0. The van der Waals surface area contributed by atoms with E-state index in [9.17, 15) is 4.39 Å². The first kappa shape index (κ1) is 21.2. The summed E-state index contributed by atoms with van der Waals surface area (Å²) in [5, 5.41) is 8.46. The van der Waals surface area contributed by atoms with Crippen molar-refractivity contribution in [3.05, 3.63) is 24.1 Å². The van der Waals surface area contributed by atoms with Gasteiger partial charge >= 0.3 is 0 Å². The largest absolute Gasteiger partial charge is 0.196 e. The van der Waals surface area contributed by atoms with Crippen LogP contribution in [0.2, 0.25) is 0 Å². The summed E-state index contributed by atoms with van der Waals surface area (Å²) in [5.41, 5.74) is 1.55. The number of unbranched alkanes of at least 4 members (excludes halogenated alkanes) is 2. The standard InChI is InChI=1S/C24H38FN/c1-3-4-5-7-20-10-14-22(15-11-20)19(2)23-16-12-21(13-17-23)8-6-9-24(25)18-26/h9,20-23H,2-8,10-17H2,1H3. The maximum absolute atomic E-state index is 12.9. The summed E-state index contributed by atoms with van der Waals surface area (Å²) in [5.74, 6) is 2.54. The number of halogens is 1. The fourth-order valence-electron chi connectivity index (χ4n) is 5.15. The van der Waals surface area contributed by atoms with Crippen molar-refractivity contribution in [2.75, 3.05) is 0 Å². The van der Waals surface area contributed by atoms with E-state index in [1.165, 1.54) is 83.1 Å². The fourth-order valence-corrected chi connectivity index (χ4v) is 5.15. The molecule has 0 bridgehead atoms. The number of hydrogen-bond donors (Lipinski definition) is 0. The molecule has 0 aromatic rings. The van der Waals surface area contributed by atoms with Crippen molar-refractivity contribution >= 4 is 0 Å².